The first kappa shape index (κ1) is 12.0. The minimum absolute atomic E-state index is 0. The highest BCUT2D eigenvalue weighted by Crippen LogP contribution is 2.27. The van der Waals surface area contributed by atoms with Crippen LogP contribution >= 0.6 is 28.3 Å². The molecule has 1 aromatic heterocycles. The summed E-state index contributed by atoms with van der Waals surface area (Å²) in [4.78, 5) is 4.23. The van der Waals surface area contributed by atoms with Crippen molar-refractivity contribution in [3.05, 3.63) is 28.5 Å². The van der Waals surface area contributed by atoms with E-state index in [1.54, 1.807) is 0 Å². The minimum Gasteiger partial charge on any atom is -0.310 e. The molecule has 2 heterocycles. The average Bonchev–Trinajstić information content (AvgIpc) is 2.20. The minimum atomic E-state index is 0. The van der Waals surface area contributed by atoms with E-state index < -0.39 is 0 Å². The number of nitrogens with one attached hydrogen (secondary N) is 1. The normalized spacial score (nSPS) is 21.4. The third kappa shape index (κ3) is 2.69. The maximum absolute atomic E-state index is 4.23. The number of halogens is 2. The topological polar surface area (TPSA) is 24.9 Å². The van der Waals surface area contributed by atoms with Gasteiger partial charge < -0.3 is 5.32 Å². The molecule has 1 aliphatic rings. The first-order valence-electron chi connectivity index (χ1n) is 4.72. The summed E-state index contributed by atoms with van der Waals surface area (Å²) in [7, 11) is 0. The molecule has 1 aromatic rings. The zero-order chi connectivity index (χ0) is 9.10. The van der Waals surface area contributed by atoms with Crippen LogP contribution < -0.4 is 5.32 Å². The first-order valence-corrected chi connectivity index (χ1v) is 5.51. The van der Waals surface area contributed by atoms with Gasteiger partial charge in [-0.15, -0.1) is 12.4 Å². The van der Waals surface area contributed by atoms with Gasteiger partial charge in [-0.1, -0.05) is 12.5 Å². The Balaban J connectivity index is 0.000000980. The number of pyridine rings is 1. The van der Waals surface area contributed by atoms with Gasteiger partial charge in [-0.2, -0.15) is 0 Å². The molecule has 1 saturated heterocycles. The van der Waals surface area contributed by atoms with Crippen molar-refractivity contribution in [1.82, 2.24) is 10.3 Å². The van der Waals surface area contributed by atoms with Gasteiger partial charge >= 0.3 is 0 Å². The standard InChI is InChI=1S/C10H13BrN2.ClH/c11-10-8(4-3-7-13-10)9-5-1-2-6-12-9;/h3-4,7,9,12H,1-2,5-6H2;1H/t9-;/m0./s1. The highest BCUT2D eigenvalue weighted by molar-refractivity contribution is 9.10. The molecule has 2 nitrogen and oxygen atoms in total. The van der Waals surface area contributed by atoms with E-state index in [0.717, 1.165) is 11.1 Å². The van der Waals surface area contributed by atoms with E-state index >= 15 is 0 Å². The summed E-state index contributed by atoms with van der Waals surface area (Å²) in [6, 6.07) is 4.63. The fraction of sp³-hybridized carbons (Fsp3) is 0.500. The van der Waals surface area contributed by atoms with Crippen molar-refractivity contribution in [1.29, 1.82) is 0 Å². The lowest BCUT2D eigenvalue weighted by Gasteiger charge is -2.24. The van der Waals surface area contributed by atoms with Crippen molar-refractivity contribution in [2.24, 2.45) is 0 Å². The Morgan fingerprint density at radius 1 is 1.43 bits per heavy atom. The second-order valence-electron chi connectivity index (χ2n) is 3.39. The van der Waals surface area contributed by atoms with E-state index in [0.29, 0.717) is 6.04 Å². The molecule has 0 amide bonds. The number of nitrogens with zero attached hydrogens (tertiary/aromatic N) is 1. The molecule has 1 atom stereocenters. The van der Waals surface area contributed by atoms with E-state index in [1.165, 1.54) is 24.8 Å². The van der Waals surface area contributed by atoms with Crippen LogP contribution in [0, 0.1) is 0 Å². The highest BCUT2D eigenvalue weighted by Gasteiger charge is 2.16. The number of piperidine rings is 1. The Labute approximate surface area is 99.0 Å². The molecule has 1 N–H and O–H groups in total. The zero-order valence-electron chi connectivity index (χ0n) is 7.87. The summed E-state index contributed by atoms with van der Waals surface area (Å²) < 4.78 is 0.981. The van der Waals surface area contributed by atoms with E-state index in [2.05, 4.69) is 32.3 Å². The maximum Gasteiger partial charge on any atom is 0.110 e. The van der Waals surface area contributed by atoms with Gasteiger partial charge in [0.15, 0.2) is 0 Å². The van der Waals surface area contributed by atoms with Gasteiger partial charge in [0.05, 0.1) is 0 Å². The summed E-state index contributed by atoms with van der Waals surface area (Å²) >= 11 is 3.48. The summed E-state index contributed by atoms with van der Waals surface area (Å²) in [5.74, 6) is 0. The van der Waals surface area contributed by atoms with Crippen LogP contribution in [-0.4, -0.2) is 11.5 Å². The quantitative estimate of drug-likeness (QED) is 0.798. The molecule has 2 rings (SSSR count). The van der Waals surface area contributed by atoms with E-state index in [9.17, 15) is 0 Å². The number of hydrogen-bond acceptors (Lipinski definition) is 2. The molecule has 0 unspecified atom stereocenters. The van der Waals surface area contributed by atoms with Crippen molar-refractivity contribution < 1.29 is 0 Å². The molecule has 14 heavy (non-hydrogen) atoms. The molecule has 0 radical (unpaired) electrons. The summed E-state index contributed by atoms with van der Waals surface area (Å²) in [6.07, 6.45) is 5.66. The van der Waals surface area contributed by atoms with Crippen LogP contribution in [-0.2, 0) is 0 Å². The predicted octanol–water partition coefficient (Wildman–Crippen LogP) is 3.08. The van der Waals surface area contributed by atoms with Crippen molar-refractivity contribution >= 4 is 28.3 Å². The van der Waals surface area contributed by atoms with E-state index in [1.807, 2.05) is 12.3 Å². The van der Waals surface area contributed by atoms with Crippen LogP contribution in [0.2, 0.25) is 0 Å². The highest BCUT2D eigenvalue weighted by atomic mass is 79.9. The Bertz CT molecular complexity index is 287. The molecule has 1 aliphatic heterocycles. The van der Waals surface area contributed by atoms with Crippen molar-refractivity contribution in [2.45, 2.75) is 25.3 Å². The lowest BCUT2D eigenvalue weighted by molar-refractivity contribution is 0.410. The van der Waals surface area contributed by atoms with Gasteiger partial charge in [0, 0.05) is 17.8 Å². The van der Waals surface area contributed by atoms with Gasteiger partial charge in [0.2, 0.25) is 0 Å². The van der Waals surface area contributed by atoms with Crippen LogP contribution in [0.4, 0.5) is 0 Å². The fourth-order valence-corrected chi connectivity index (χ4v) is 2.30. The van der Waals surface area contributed by atoms with Gasteiger partial charge in [-0.3, -0.25) is 0 Å². The van der Waals surface area contributed by atoms with Gasteiger partial charge in [-0.05, 0) is 41.4 Å². The van der Waals surface area contributed by atoms with Gasteiger partial charge in [0.1, 0.15) is 4.60 Å². The molecule has 78 valence electrons. The van der Waals surface area contributed by atoms with Crippen LogP contribution in [0.25, 0.3) is 0 Å². The SMILES string of the molecule is Brc1ncccc1[C@@H]1CCCCN1.Cl. The summed E-state index contributed by atoms with van der Waals surface area (Å²) in [5, 5.41) is 3.51. The lowest BCUT2D eigenvalue weighted by atomic mass is 9.99. The molecule has 0 saturated carbocycles. The Morgan fingerprint density at radius 3 is 2.93 bits per heavy atom. The third-order valence-electron chi connectivity index (χ3n) is 2.47. The summed E-state index contributed by atoms with van der Waals surface area (Å²) in [5.41, 5.74) is 1.29. The lowest BCUT2D eigenvalue weighted by Crippen LogP contribution is -2.27. The number of rotatable bonds is 1. The smallest absolute Gasteiger partial charge is 0.110 e. The maximum atomic E-state index is 4.23. The van der Waals surface area contributed by atoms with Gasteiger partial charge in [-0.25, -0.2) is 4.98 Å². The molecule has 0 aromatic carbocycles. The molecule has 0 spiro atoms. The Hall–Kier alpha value is -0.120. The van der Waals surface area contributed by atoms with E-state index in [-0.39, 0.29) is 12.4 Å². The zero-order valence-corrected chi connectivity index (χ0v) is 10.3. The molecule has 0 aliphatic carbocycles. The molecule has 0 bridgehead atoms. The molecule has 1 fully saturated rings. The monoisotopic (exact) mass is 276 g/mol. The number of hydrogen-bond donors (Lipinski definition) is 1. The van der Waals surface area contributed by atoms with E-state index in [4.69, 9.17) is 0 Å². The van der Waals surface area contributed by atoms with Crippen molar-refractivity contribution in [2.75, 3.05) is 6.54 Å². The second kappa shape index (κ2) is 5.69. The average molecular weight is 278 g/mol. The largest absolute Gasteiger partial charge is 0.310 e. The van der Waals surface area contributed by atoms with Crippen LogP contribution in [0.5, 0.6) is 0 Å². The Morgan fingerprint density at radius 2 is 2.29 bits per heavy atom. The van der Waals surface area contributed by atoms with Gasteiger partial charge in [0.25, 0.3) is 0 Å². The van der Waals surface area contributed by atoms with Crippen molar-refractivity contribution in [3.8, 4) is 0 Å². The van der Waals surface area contributed by atoms with Crippen LogP contribution in [0.1, 0.15) is 30.9 Å². The predicted molar refractivity (Wildman–Crippen MR) is 63.8 cm³/mol. The van der Waals surface area contributed by atoms with Crippen LogP contribution in [0.15, 0.2) is 22.9 Å². The molecular formula is C10H14BrClN2. The third-order valence-corrected chi connectivity index (χ3v) is 3.14. The summed E-state index contributed by atoms with van der Waals surface area (Å²) in [6.45, 7) is 1.13. The van der Waals surface area contributed by atoms with Crippen molar-refractivity contribution in [3.63, 3.8) is 0 Å². The first-order chi connectivity index (χ1) is 6.38. The fourth-order valence-electron chi connectivity index (χ4n) is 1.78. The molecule has 4 heteroatoms. The second-order valence-corrected chi connectivity index (χ2v) is 4.14. The van der Waals surface area contributed by atoms with Crippen LogP contribution in [0.3, 0.4) is 0 Å². The molecular weight excluding hydrogens is 263 g/mol. The number of aromatic nitrogens is 1. The Kier molecular flexibility index (Phi) is 4.85.